The molecule has 2 aliphatic rings. The van der Waals surface area contributed by atoms with Crippen LogP contribution in [0.25, 0.3) is 0 Å². The van der Waals surface area contributed by atoms with Crippen LogP contribution in [0.15, 0.2) is 48.5 Å². The molecule has 0 atom stereocenters. The molecular formula is C25H27F3N2O4. The van der Waals surface area contributed by atoms with Crippen LogP contribution in [0.2, 0.25) is 0 Å². The highest BCUT2D eigenvalue weighted by molar-refractivity contribution is 5.94. The highest BCUT2D eigenvalue weighted by Crippen LogP contribution is 2.33. The summed E-state index contributed by atoms with van der Waals surface area (Å²) in [5.41, 5.74) is 0.465. The van der Waals surface area contributed by atoms with Crippen molar-refractivity contribution in [1.29, 1.82) is 0 Å². The van der Waals surface area contributed by atoms with Crippen LogP contribution < -0.4 is 14.8 Å². The fourth-order valence-corrected chi connectivity index (χ4v) is 4.52. The smallest absolute Gasteiger partial charge is 0.455 e. The van der Waals surface area contributed by atoms with Crippen molar-refractivity contribution < 1.29 is 32.2 Å². The normalized spacial score (nSPS) is 17.4. The third kappa shape index (κ3) is 6.21. The van der Waals surface area contributed by atoms with Gasteiger partial charge in [-0.2, -0.15) is 0 Å². The van der Waals surface area contributed by atoms with Crippen LogP contribution in [0.4, 0.5) is 18.9 Å². The van der Waals surface area contributed by atoms with Gasteiger partial charge in [0.1, 0.15) is 11.5 Å². The number of para-hydroxylation sites is 2. The number of nitrogens with zero attached hydrogens (tertiary/aromatic N) is 1. The molecular weight excluding hydrogens is 449 g/mol. The number of nitrogens with one attached hydrogen (secondary N) is 1. The number of benzene rings is 2. The van der Waals surface area contributed by atoms with E-state index < -0.39 is 6.36 Å². The molecule has 9 heteroatoms. The number of halogens is 3. The maximum Gasteiger partial charge on any atom is 0.573 e. The van der Waals surface area contributed by atoms with Crippen molar-refractivity contribution in [2.75, 3.05) is 18.4 Å². The number of rotatable bonds is 6. The molecule has 0 radical (unpaired) electrons. The number of alkyl halides is 3. The van der Waals surface area contributed by atoms with E-state index in [-0.39, 0.29) is 29.4 Å². The topological polar surface area (TPSA) is 67.9 Å². The fraction of sp³-hybridized carbons (Fsp3) is 0.440. The van der Waals surface area contributed by atoms with Gasteiger partial charge in [0.15, 0.2) is 5.75 Å². The van der Waals surface area contributed by atoms with E-state index in [0.717, 1.165) is 37.8 Å². The molecule has 182 valence electrons. The summed E-state index contributed by atoms with van der Waals surface area (Å²) < 4.78 is 46.7. The van der Waals surface area contributed by atoms with Crippen molar-refractivity contribution >= 4 is 17.5 Å². The number of hydrogen-bond donors (Lipinski definition) is 1. The Balaban J connectivity index is 1.33. The number of ether oxygens (including phenoxy) is 2. The third-order valence-electron chi connectivity index (χ3n) is 6.31. The molecule has 2 fully saturated rings. The molecule has 1 saturated heterocycles. The molecule has 0 unspecified atom stereocenters. The predicted molar refractivity (Wildman–Crippen MR) is 120 cm³/mol. The van der Waals surface area contributed by atoms with Gasteiger partial charge in [0.25, 0.3) is 0 Å². The molecule has 0 spiro atoms. The van der Waals surface area contributed by atoms with E-state index in [1.807, 2.05) is 4.90 Å². The zero-order chi connectivity index (χ0) is 24.1. The van der Waals surface area contributed by atoms with E-state index in [0.29, 0.717) is 43.1 Å². The largest absolute Gasteiger partial charge is 0.573 e. The summed E-state index contributed by atoms with van der Waals surface area (Å²) in [6.07, 6.45) is 0.605. The first kappa shape index (κ1) is 23.9. The molecule has 0 aromatic heterocycles. The highest BCUT2D eigenvalue weighted by atomic mass is 19.4. The quantitative estimate of drug-likeness (QED) is 0.577. The monoisotopic (exact) mass is 476 g/mol. The maximum atomic E-state index is 12.9. The van der Waals surface area contributed by atoms with Gasteiger partial charge in [0.05, 0.1) is 5.69 Å². The van der Waals surface area contributed by atoms with Crippen LogP contribution in [0.3, 0.4) is 0 Å². The Morgan fingerprint density at radius 3 is 2.12 bits per heavy atom. The van der Waals surface area contributed by atoms with E-state index in [2.05, 4.69) is 10.1 Å². The van der Waals surface area contributed by atoms with Crippen molar-refractivity contribution in [3.63, 3.8) is 0 Å². The molecule has 0 bridgehead atoms. The summed E-state index contributed by atoms with van der Waals surface area (Å²) in [6, 6.07) is 11.9. The summed E-state index contributed by atoms with van der Waals surface area (Å²) in [5.74, 6) is 0.339. The fourth-order valence-electron chi connectivity index (χ4n) is 4.52. The van der Waals surface area contributed by atoms with E-state index >= 15 is 0 Å². The molecule has 1 aliphatic heterocycles. The molecule has 1 saturated carbocycles. The van der Waals surface area contributed by atoms with Gasteiger partial charge in [-0.05, 0) is 62.1 Å². The Bertz CT molecular complexity index is 996. The molecule has 1 heterocycles. The summed E-state index contributed by atoms with van der Waals surface area (Å²) in [5, 5.41) is 2.90. The van der Waals surface area contributed by atoms with Crippen LogP contribution in [0.1, 0.15) is 38.5 Å². The first-order chi connectivity index (χ1) is 16.3. The summed E-state index contributed by atoms with van der Waals surface area (Å²) in [4.78, 5) is 27.4. The number of carbonyl (C=O) groups is 2. The number of likely N-dealkylation sites (tertiary alicyclic amines) is 1. The first-order valence-electron chi connectivity index (χ1n) is 11.5. The summed E-state index contributed by atoms with van der Waals surface area (Å²) in [7, 11) is 0. The lowest BCUT2D eigenvalue weighted by Gasteiger charge is -2.33. The van der Waals surface area contributed by atoms with Crippen molar-refractivity contribution in [1.82, 2.24) is 4.90 Å². The second kappa shape index (κ2) is 10.4. The van der Waals surface area contributed by atoms with Crippen LogP contribution in [-0.2, 0) is 9.59 Å². The minimum atomic E-state index is -4.76. The molecule has 1 N–H and O–H groups in total. The van der Waals surface area contributed by atoms with Gasteiger partial charge in [-0.25, -0.2) is 0 Å². The highest BCUT2D eigenvalue weighted by Gasteiger charge is 2.32. The zero-order valence-electron chi connectivity index (χ0n) is 18.6. The van der Waals surface area contributed by atoms with Gasteiger partial charge in [0.2, 0.25) is 11.8 Å². The Morgan fingerprint density at radius 1 is 0.853 bits per heavy atom. The van der Waals surface area contributed by atoms with Gasteiger partial charge in [-0.3, -0.25) is 9.59 Å². The summed E-state index contributed by atoms with van der Waals surface area (Å²) >= 11 is 0. The Labute approximate surface area is 196 Å². The Hall–Kier alpha value is -3.23. The molecule has 2 amide bonds. The molecule has 4 rings (SSSR count). The number of amides is 2. The average Bonchev–Trinajstić information content (AvgIpc) is 3.35. The standard InChI is InChI=1S/C25H27F3N2O4/c26-25(27,28)34-20-11-9-19(10-12-20)33-22-8-4-3-7-21(22)29-23(31)17-13-15-30(16-14-17)24(32)18-5-1-2-6-18/h3-4,7-12,17-18H,1-2,5-6,13-16H2,(H,29,31). The lowest BCUT2D eigenvalue weighted by Crippen LogP contribution is -2.43. The molecule has 1 aliphatic carbocycles. The van der Waals surface area contributed by atoms with Crippen LogP contribution in [-0.4, -0.2) is 36.2 Å². The van der Waals surface area contributed by atoms with Crippen LogP contribution in [0, 0.1) is 11.8 Å². The minimum Gasteiger partial charge on any atom is -0.455 e. The average molecular weight is 476 g/mol. The van der Waals surface area contributed by atoms with E-state index in [9.17, 15) is 22.8 Å². The van der Waals surface area contributed by atoms with Gasteiger partial charge in [0, 0.05) is 24.9 Å². The third-order valence-corrected chi connectivity index (χ3v) is 6.31. The maximum absolute atomic E-state index is 12.9. The minimum absolute atomic E-state index is 0.141. The van der Waals surface area contributed by atoms with Crippen molar-refractivity contribution in [2.24, 2.45) is 11.8 Å². The lowest BCUT2D eigenvalue weighted by molar-refractivity contribution is -0.274. The van der Waals surface area contributed by atoms with Gasteiger partial charge in [-0.15, -0.1) is 13.2 Å². The van der Waals surface area contributed by atoms with Gasteiger partial charge >= 0.3 is 6.36 Å². The van der Waals surface area contributed by atoms with Gasteiger partial charge in [-0.1, -0.05) is 25.0 Å². The summed E-state index contributed by atoms with van der Waals surface area (Å²) in [6.45, 7) is 1.16. The van der Waals surface area contributed by atoms with Crippen molar-refractivity contribution in [3.05, 3.63) is 48.5 Å². The molecule has 2 aromatic rings. The van der Waals surface area contributed by atoms with Crippen LogP contribution in [0.5, 0.6) is 17.2 Å². The second-order valence-electron chi connectivity index (χ2n) is 8.69. The Kier molecular flexibility index (Phi) is 7.29. The number of hydrogen-bond acceptors (Lipinski definition) is 4. The van der Waals surface area contributed by atoms with Crippen molar-refractivity contribution in [3.8, 4) is 17.2 Å². The van der Waals surface area contributed by atoms with Gasteiger partial charge < -0.3 is 19.7 Å². The number of piperidine rings is 1. The first-order valence-corrected chi connectivity index (χ1v) is 11.5. The molecule has 34 heavy (non-hydrogen) atoms. The zero-order valence-corrected chi connectivity index (χ0v) is 18.6. The van der Waals surface area contributed by atoms with Crippen molar-refractivity contribution in [2.45, 2.75) is 44.9 Å². The molecule has 6 nitrogen and oxygen atoms in total. The Morgan fingerprint density at radius 2 is 1.47 bits per heavy atom. The van der Waals surface area contributed by atoms with E-state index in [1.54, 1.807) is 24.3 Å². The second-order valence-corrected chi connectivity index (χ2v) is 8.69. The van der Waals surface area contributed by atoms with E-state index in [4.69, 9.17) is 4.74 Å². The SMILES string of the molecule is O=C(Nc1ccccc1Oc1ccc(OC(F)(F)F)cc1)C1CCN(C(=O)C2CCCC2)CC1. The van der Waals surface area contributed by atoms with E-state index in [1.165, 1.54) is 12.1 Å². The lowest BCUT2D eigenvalue weighted by atomic mass is 9.94. The molecule has 2 aromatic carbocycles. The predicted octanol–water partition coefficient (Wildman–Crippen LogP) is 5.74. The number of anilines is 1. The number of carbonyl (C=O) groups excluding carboxylic acids is 2. The van der Waals surface area contributed by atoms with Crippen LogP contribution >= 0.6 is 0 Å².